The Morgan fingerprint density at radius 3 is 2.58 bits per heavy atom. The summed E-state index contributed by atoms with van der Waals surface area (Å²) in [5.74, 6) is 0. The molecule has 6 heteroatoms. The third kappa shape index (κ3) is 3.38. The van der Waals surface area contributed by atoms with Gasteiger partial charge in [0.1, 0.15) is 0 Å². The summed E-state index contributed by atoms with van der Waals surface area (Å²) in [6.07, 6.45) is 1.63. The molecule has 0 aliphatic heterocycles. The van der Waals surface area contributed by atoms with Crippen molar-refractivity contribution in [3.8, 4) is 0 Å². The van der Waals surface area contributed by atoms with E-state index in [1.807, 2.05) is 32.0 Å². The van der Waals surface area contributed by atoms with Crippen molar-refractivity contribution in [3.05, 3.63) is 75.5 Å². The minimum atomic E-state index is -0.423. The molecular weight excluding hydrogens is 304 g/mol. The fourth-order valence-electron chi connectivity index (χ4n) is 2.42. The molecule has 0 saturated carbocycles. The van der Waals surface area contributed by atoms with Crippen LogP contribution in [-0.2, 0) is 0 Å². The third-order valence-electron chi connectivity index (χ3n) is 3.59. The number of nitrogens with zero attached hydrogens (tertiary/aromatic N) is 3. The molecule has 2 aromatic carbocycles. The fourth-order valence-corrected chi connectivity index (χ4v) is 2.42. The van der Waals surface area contributed by atoms with Crippen molar-refractivity contribution in [2.24, 2.45) is 5.10 Å². The van der Waals surface area contributed by atoms with Gasteiger partial charge in [-0.15, -0.1) is 0 Å². The second kappa shape index (κ2) is 6.45. The molecule has 3 aromatic rings. The van der Waals surface area contributed by atoms with Crippen LogP contribution in [0.25, 0.3) is 10.9 Å². The Morgan fingerprint density at radius 2 is 1.88 bits per heavy atom. The van der Waals surface area contributed by atoms with Crippen molar-refractivity contribution in [1.29, 1.82) is 0 Å². The first kappa shape index (κ1) is 15.6. The number of pyridine rings is 1. The molecule has 6 nitrogen and oxygen atoms in total. The second-order valence-corrected chi connectivity index (χ2v) is 5.55. The van der Waals surface area contributed by atoms with Gasteiger partial charge in [-0.05, 0) is 49.7 Å². The lowest BCUT2D eigenvalue weighted by Gasteiger charge is -2.08. The maximum atomic E-state index is 10.6. The zero-order valence-electron chi connectivity index (χ0n) is 13.4. The van der Waals surface area contributed by atoms with Gasteiger partial charge in [-0.2, -0.15) is 5.10 Å². The Labute approximate surface area is 139 Å². The van der Waals surface area contributed by atoms with Crippen LogP contribution in [0.3, 0.4) is 0 Å². The zero-order valence-corrected chi connectivity index (χ0v) is 13.4. The highest BCUT2D eigenvalue weighted by molar-refractivity contribution is 5.92. The minimum absolute atomic E-state index is 0.0614. The van der Waals surface area contributed by atoms with Crippen LogP contribution in [0.5, 0.6) is 0 Å². The van der Waals surface area contributed by atoms with Crippen LogP contribution in [-0.4, -0.2) is 16.1 Å². The molecule has 0 aliphatic rings. The normalized spacial score (nSPS) is 11.1. The highest BCUT2D eigenvalue weighted by atomic mass is 16.6. The largest absolute Gasteiger partial charge is 0.278 e. The van der Waals surface area contributed by atoms with Gasteiger partial charge in [-0.1, -0.05) is 11.6 Å². The first-order chi connectivity index (χ1) is 11.5. The van der Waals surface area contributed by atoms with Crippen molar-refractivity contribution < 1.29 is 4.92 Å². The first-order valence-corrected chi connectivity index (χ1v) is 7.44. The van der Waals surface area contributed by atoms with E-state index in [1.165, 1.54) is 12.1 Å². The maximum Gasteiger partial charge on any atom is 0.269 e. The number of rotatable bonds is 4. The van der Waals surface area contributed by atoms with E-state index >= 15 is 0 Å². The molecule has 0 spiro atoms. The number of hydrogen-bond acceptors (Lipinski definition) is 5. The number of non-ortho nitro benzene ring substituents is 1. The molecule has 1 heterocycles. The van der Waals surface area contributed by atoms with E-state index in [1.54, 1.807) is 18.3 Å². The van der Waals surface area contributed by atoms with Gasteiger partial charge in [-0.3, -0.25) is 20.5 Å². The van der Waals surface area contributed by atoms with E-state index in [-0.39, 0.29) is 5.69 Å². The monoisotopic (exact) mass is 320 g/mol. The number of benzene rings is 2. The summed E-state index contributed by atoms with van der Waals surface area (Å²) < 4.78 is 0. The average molecular weight is 320 g/mol. The molecule has 0 saturated heterocycles. The SMILES string of the molecule is Cc1ccc2nc(C)cc(N/N=C/c3ccc([N+](=O)[O-])cc3)c2c1. The molecular formula is C18H16N4O2. The minimum Gasteiger partial charge on any atom is -0.278 e. The van der Waals surface area contributed by atoms with Crippen LogP contribution in [0.15, 0.2) is 53.6 Å². The molecule has 1 aromatic heterocycles. The molecule has 0 atom stereocenters. The van der Waals surface area contributed by atoms with E-state index in [9.17, 15) is 10.1 Å². The summed E-state index contributed by atoms with van der Waals surface area (Å²) in [4.78, 5) is 14.7. The molecule has 0 bridgehead atoms. The zero-order chi connectivity index (χ0) is 17.1. The molecule has 1 N–H and O–H groups in total. The fraction of sp³-hybridized carbons (Fsp3) is 0.111. The molecule has 0 unspecified atom stereocenters. The van der Waals surface area contributed by atoms with Gasteiger partial charge in [0.15, 0.2) is 0 Å². The van der Waals surface area contributed by atoms with Crippen molar-refractivity contribution in [1.82, 2.24) is 4.98 Å². The molecule has 0 aliphatic carbocycles. The number of nitro groups is 1. The third-order valence-corrected chi connectivity index (χ3v) is 3.59. The number of aryl methyl sites for hydroxylation is 2. The van der Waals surface area contributed by atoms with Crippen molar-refractivity contribution in [2.45, 2.75) is 13.8 Å². The number of hydrogen-bond donors (Lipinski definition) is 1. The van der Waals surface area contributed by atoms with Gasteiger partial charge in [-0.25, -0.2) is 0 Å². The topological polar surface area (TPSA) is 80.4 Å². The number of nitrogens with one attached hydrogen (secondary N) is 1. The number of nitro benzene ring substituents is 1. The van der Waals surface area contributed by atoms with Crippen LogP contribution in [0.1, 0.15) is 16.8 Å². The van der Waals surface area contributed by atoms with Crippen LogP contribution in [0.2, 0.25) is 0 Å². The molecule has 0 radical (unpaired) electrons. The summed E-state index contributed by atoms with van der Waals surface area (Å²) in [7, 11) is 0. The molecule has 120 valence electrons. The van der Waals surface area contributed by atoms with E-state index in [2.05, 4.69) is 21.6 Å². The smallest absolute Gasteiger partial charge is 0.269 e. The number of hydrazone groups is 1. The van der Waals surface area contributed by atoms with Crippen molar-refractivity contribution in [2.75, 3.05) is 5.43 Å². The van der Waals surface area contributed by atoms with E-state index in [0.29, 0.717) is 0 Å². The highest BCUT2D eigenvalue weighted by Crippen LogP contribution is 2.24. The van der Waals surface area contributed by atoms with Gasteiger partial charge in [0.2, 0.25) is 0 Å². The van der Waals surface area contributed by atoms with Gasteiger partial charge in [0, 0.05) is 23.2 Å². The van der Waals surface area contributed by atoms with Gasteiger partial charge < -0.3 is 0 Å². The molecule has 3 rings (SSSR count). The van der Waals surface area contributed by atoms with Crippen molar-refractivity contribution >= 4 is 28.5 Å². The predicted molar refractivity (Wildman–Crippen MR) is 95.5 cm³/mol. The molecule has 0 amide bonds. The Hall–Kier alpha value is -3.28. The van der Waals surface area contributed by atoms with Gasteiger partial charge in [0.05, 0.1) is 22.3 Å². The lowest BCUT2D eigenvalue weighted by molar-refractivity contribution is -0.384. The van der Waals surface area contributed by atoms with E-state index in [4.69, 9.17) is 0 Å². The van der Waals surface area contributed by atoms with E-state index < -0.39 is 4.92 Å². The molecule has 0 fully saturated rings. The van der Waals surface area contributed by atoms with Crippen LogP contribution in [0, 0.1) is 24.0 Å². The van der Waals surface area contributed by atoms with Gasteiger partial charge in [0.25, 0.3) is 5.69 Å². The quantitative estimate of drug-likeness (QED) is 0.443. The molecule has 24 heavy (non-hydrogen) atoms. The first-order valence-electron chi connectivity index (χ1n) is 7.44. The Morgan fingerprint density at radius 1 is 1.12 bits per heavy atom. The van der Waals surface area contributed by atoms with Gasteiger partial charge >= 0.3 is 0 Å². The Balaban J connectivity index is 1.84. The number of aromatic nitrogens is 1. The van der Waals surface area contributed by atoms with Crippen LogP contribution >= 0.6 is 0 Å². The lowest BCUT2D eigenvalue weighted by Crippen LogP contribution is -1.95. The van der Waals surface area contributed by atoms with Crippen LogP contribution < -0.4 is 5.43 Å². The summed E-state index contributed by atoms with van der Waals surface area (Å²) >= 11 is 0. The maximum absolute atomic E-state index is 10.6. The summed E-state index contributed by atoms with van der Waals surface area (Å²) in [6.45, 7) is 3.97. The van der Waals surface area contributed by atoms with Crippen molar-refractivity contribution in [3.63, 3.8) is 0 Å². The van der Waals surface area contributed by atoms with Crippen LogP contribution in [0.4, 0.5) is 11.4 Å². The number of fused-ring (bicyclic) bond motifs is 1. The Kier molecular flexibility index (Phi) is 4.20. The average Bonchev–Trinajstić information content (AvgIpc) is 2.56. The second-order valence-electron chi connectivity index (χ2n) is 5.55. The predicted octanol–water partition coefficient (Wildman–Crippen LogP) is 4.21. The standard InChI is InChI=1S/C18H16N4O2/c1-12-3-8-17-16(9-12)18(10-13(2)20-17)21-19-11-14-4-6-15(7-5-14)22(23)24/h3-11H,1-2H3,(H,20,21)/b19-11+. The lowest BCUT2D eigenvalue weighted by atomic mass is 10.1. The Bertz CT molecular complexity index is 934. The summed E-state index contributed by atoms with van der Waals surface area (Å²) in [6, 6.07) is 14.2. The number of anilines is 1. The highest BCUT2D eigenvalue weighted by Gasteiger charge is 2.04. The van der Waals surface area contributed by atoms with E-state index in [0.717, 1.165) is 33.4 Å². The summed E-state index contributed by atoms with van der Waals surface area (Å²) in [5.41, 5.74) is 7.71. The summed E-state index contributed by atoms with van der Waals surface area (Å²) in [5, 5.41) is 15.9.